The summed E-state index contributed by atoms with van der Waals surface area (Å²) >= 11 is 1.46. The Bertz CT molecular complexity index is 548. The molecule has 2 rings (SSSR count). The van der Waals surface area contributed by atoms with Crippen molar-refractivity contribution in [2.75, 3.05) is 12.4 Å². The van der Waals surface area contributed by atoms with Crippen LogP contribution >= 0.6 is 11.8 Å². The zero-order valence-electron chi connectivity index (χ0n) is 8.80. The minimum absolute atomic E-state index is 0.0263. The van der Waals surface area contributed by atoms with Crippen molar-refractivity contribution in [1.29, 1.82) is 0 Å². The van der Waals surface area contributed by atoms with E-state index < -0.39 is 0 Å². The minimum atomic E-state index is -0.190. The molecule has 2 aromatic heterocycles. The largest absolute Gasteiger partial charge is 0.394 e. The van der Waals surface area contributed by atoms with Crippen molar-refractivity contribution in [3.05, 3.63) is 16.6 Å². The van der Waals surface area contributed by atoms with Crippen molar-refractivity contribution in [1.82, 2.24) is 19.7 Å². The van der Waals surface area contributed by atoms with Crippen LogP contribution in [0.15, 0.2) is 16.1 Å². The quantitative estimate of drug-likeness (QED) is 0.590. The van der Waals surface area contributed by atoms with Crippen LogP contribution in [0.3, 0.4) is 0 Å². The first-order valence-corrected chi connectivity index (χ1v) is 5.94. The second-order valence-corrected chi connectivity index (χ2v) is 4.39. The first kappa shape index (κ1) is 11.2. The molecule has 0 amide bonds. The Hall–Kier alpha value is -1.34. The lowest BCUT2D eigenvalue weighted by atomic mass is 10.4. The van der Waals surface area contributed by atoms with Gasteiger partial charge >= 0.3 is 0 Å². The van der Waals surface area contributed by atoms with E-state index in [1.165, 1.54) is 22.6 Å². The summed E-state index contributed by atoms with van der Waals surface area (Å²) in [5, 5.41) is 13.9. The van der Waals surface area contributed by atoms with Gasteiger partial charge in [0.15, 0.2) is 10.8 Å². The summed E-state index contributed by atoms with van der Waals surface area (Å²) < 4.78 is 1.53. The summed E-state index contributed by atoms with van der Waals surface area (Å²) in [6, 6.07) is 0. The molecule has 0 saturated heterocycles. The van der Waals surface area contributed by atoms with Crippen LogP contribution in [0.4, 0.5) is 0 Å². The number of aromatic amines is 1. The van der Waals surface area contributed by atoms with Crippen molar-refractivity contribution >= 4 is 22.8 Å². The third-order valence-electron chi connectivity index (χ3n) is 2.08. The topological polar surface area (TPSA) is 83.8 Å². The van der Waals surface area contributed by atoms with Gasteiger partial charge in [-0.25, -0.2) is 9.67 Å². The van der Waals surface area contributed by atoms with Crippen molar-refractivity contribution in [3.8, 4) is 0 Å². The van der Waals surface area contributed by atoms with Gasteiger partial charge in [-0.15, -0.1) is 0 Å². The zero-order chi connectivity index (χ0) is 11.5. The van der Waals surface area contributed by atoms with Crippen LogP contribution in [0, 0.1) is 0 Å². The highest BCUT2D eigenvalue weighted by Gasteiger charge is 2.09. The van der Waals surface area contributed by atoms with Crippen LogP contribution in [-0.4, -0.2) is 37.2 Å². The smallest absolute Gasteiger partial charge is 0.262 e. The lowest BCUT2D eigenvalue weighted by Gasteiger charge is -2.01. The molecule has 0 unspecified atom stereocenters. The maximum absolute atomic E-state index is 11.7. The second kappa shape index (κ2) is 4.67. The van der Waals surface area contributed by atoms with E-state index in [2.05, 4.69) is 15.1 Å². The fourth-order valence-corrected chi connectivity index (χ4v) is 2.00. The number of aliphatic hydroxyl groups is 1. The zero-order valence-corrected chi connectivity index (χ0v) is 9.62. The Morgan fingerprint density at radius 1 is 1.62 bits per heavy atom. The molecule has 0 bridgehead atoms. The van der Waals surface area contributed by atoms with Crippen LogP contribution in [-0.2, 0) is 6.54 Å². The van der Waals surface area contributed by atoms with Gasteiger partial charge in [-0.3, -0.25) is 4.79 Å². The maximum Gasteiger partial charge on any atom is 0.262 e. The number of hydrogen-bond donors (Lipinski definition) is 2. The lowest BCUT2D eigenvalue weighted by molar-refractivity contribution is 0.271. The average molecular weight is 240 g/mol. The van der Waals surface area contributed by atoms with Crippen LogP contribution in [0.1, 0.15) is 6.92 Å². The number of aliphatic hydroxyl groups excluding tert-OH is 1. The summed E-state index contributed by atoms with van der Waals surface area (Å²) in [5.74, 6) is 0.836. The van der Waals surface area contributed by atoms with Crippen molar-refractivity contribution in [3.63, 3.8) is 0 Å². The molecule has 0 aliphatic heterocycles. The number of thioether (sulfide) groups is 1. The number of nitrogens with one attached hydrogen (secondary N) is 1. The summed E-state index contributed by atoms with van der Waals surface area (Å²) in [5.41, 5.74) is 0.332. The summed E-state index contributed by atoms with van der Waals surface area (Å²) in [7, 11) is 0. The molecule has 0 atom stereocenters. The third kappa shape index (κ3) is 1.96. The molecular formula is C9H12N4O2S. The number of fused-ring (bicyclic) bond motifs is 1. The van der Waals surface area contributed by atoms with Crippen molar-refractivity contribution < 1.29 is 5.11 Å². The van der Waals surface area contributed by atoms with E-state index in [-0.39, 0.29) is 12.2 Å². The van der Waals surface area contributed by atoms with Crippen LogP contribution in [0.2, 0.25) is 0 Å². The third-order valence-corrected chi connectivity index (χ3v) is 2.83. The van der Waals surface area contributed by atoms with E-state index >= 15 is 0 Å². The fourth-order valence-electron chi connectivity index (χ4n) is 1.41. The van der Waals surface area contributed by atoms with Crippen LogP contribution in [0.25, 0.3) is 11.0 Å². The number of nitrogens with zero attached hydrogens (tertiary/aromatic N) is 3. The monoisotopic (exact) mass is 240 g/mol. The molecule has 0 radical (unpaired) electrons. The van der Waals surface area contributed by atoms with E-state index in [1.807, 2.05) is 6.92 Å². The SMILES string of the molecule is CCSc1nc2c(cnn2CCO)c(=O)[nH]1. The van der Waals surface area contributed by atoms with Gasteiger partial charge in [0.05, 0.1) is 19.3 Å². The highest BCUT2D eigenvalue weighted by atomic mass is 32.2. The molecule has 0 aliphatic rings. The summed E-state index contributed by atoms with van der Waals surface area (Å²) in [6.45, 7) is 2.30. The summed E-state index contributed by atoms with van der Waals surface area (Å²) in [4.78, 5) is 18.7. The molecule has 2 N–H and O–H groups in total. The van der Waals surface area contributed by atoms with Gasteiger partial charge in [0.25, 0.3) is 5.56 Å². The predicted octanol–water partition coefficient (Wildman–Crippen LogP) is 0.224. The molecular weight excluding hydrogens is 228 g/mol. The van der Waals surface area contributed by atoms with Gasteiger partial charge in [0.1, 0.15) is 5.39 Å². The number of rotatable bonds is 4. The van der Waals surface area contributed by atoms with E-state index in [9.17, 15) is 4.79 Å². The molecule has 0 fully saturated rings. The second-order valence-electron chi connectivity index (χ2n) is 3.13. The number of hydrogen-bond acceptors (Lipinski definition) is 5. The Kier molecular flexibility index (Phi) is 3.25. The van der Waals surface area contributed by atoms with Gasteiger partial charge in [0.2, 0.25) is 0 Å². The van der Waals surface area contributed by atoms with Gasteiger partial charge in [-0.2, -0.15) is 5.10 Å². The van der Waals surface area contributed by atoms with Crippen LogP contribution in [0.5, 0.6) is 0 Å². The highest BCUT2D eigenvalue weighted by molar-refractivity contribution is 7.99. The molecule has 6 nitrogen and oxygen atoms in total. The van der Waals surface area contributed by atoms with Crippen LogP contribution < -0.4 is 5.56 Å². The van der Waals surface area contributed by atoms with Gasteiger partial charge in [-0.05, 0) is 5.75 Å². The molecule has 2 aromatic rings. The molecule has 0 spiro atoms. The van der Waals surface area contributed by atoms with E-state index in [1.54, 1.807) is 0 Å². The molecule has 86 valence electrons. The maximum atomic E-state index is 11.7. The standard InChI is InChI=1S/C9H12N4O2S/c1-2-16-9-11-7-6(8(15)12-9)5-10-13(7)3-4-14/h5,14H,2-4H2,1H3,(H,11,12,15). The molecule has 0 aliphatic carbocycles. The molecule has 16 heavy (non-hydrogen) atoms. The first-order valence-electron chi connectivity index (χ1n) is 4.95. The number of H-pyrrole nitrogens is 1. The fraction of sp³-hybridized carbons (Fsp3) is 0.444. The Morgan fingerprint density at radius 2 is 2.44 bits per heavy atom. The Morgan fingerprint density at radius 3 is 3.12 bits per heavy atom. The normalized spacial score (nSPS) is 11.1. The van der Waals surface area contributed by atoms with E-state index in [0.717, 1.165) is 5.75 Å². The number of aromatic nitrogens is 4. The predicted molar refractivity (Wildman–Crippen MR) is 61.6 cm³/mol. The van der Waals surface area contributed by atoms with Gasteiger partial charge in [0, 0.05) is 0 Å². The highest BCUT2D eigenvalue weighted by Crippen LogP contribution is 2.13. The summed E-state index contributed by atoms with van der Waals surface area (Å²) in [6.07, 6.45) is 1.47. The molecule has 7 heteroatoms. The van der Waals surface area contributed by atoms with Crippen molar-refractivity contribution in [2.45, 2.75) is 18.6 Å². The molecule has 2 heterocycles. The lowest BCUT2D eigenvalue weighted by Crippen LogP contribution is -2.11. The van der Waals surface area contributed by atoms with Crippen molar-refractivity contribution in [2.24, 2.45) is 0 Å². The Balaban J connectivity index is 2.57. The Labute approximate surface area is 95.7 Å². The van der Waals surface area contributed by atoms with Gasteiger partial charge < -0.3 is 10.1 Å². The van der Waals surface area contributed by atoms with E-state index in [4.69, 9.17) is 5.11 Å². The first-order chi connectivity index (χ1) is 7.76. The molecule has 0 aromatic carbocycles. The van der Waals surface area contributed by atoms with Gasteiger partial charge in [-0.1, -0.05) is 18.7 Å². The average Bonchev–Trinajstić information content (AvgIpc) is 2.63. The molecule has 0 saturated carbocycles. The van der Waals surface area contributed by atoms with E-state index in [0.29, 0.717) is 22.7 Å². The minimum Gasteiger partial charge on any atom is -0.394 e.